The molecule has 0 aromatic carbocycles. The molecule has 1 rings (SSSR count). The third-order valence-corrected chi connectivity index (χ3v) is 2.25. The lowest BCUT2D eigenvalue weighted by molar-refractivity contribution is 0.159. The van der Waals surface area contributed by atoms with Crippen LogP contribution in [0.4, 0.5) is 0 Å². The van der Waals surface area contributed by atoms with Gasteiger partial charge >= 0.3 is 0 Å². The van der Waals surface area contributed by atoms with E-state index in [1.54, 1.807) is 18.3 Å². The lowest BCUT2D eigenvalue weighted by atomic mass is 10.1. The van der Waals surface area contributed by atoms with E-state index in [0.717, 1.165) is 0 Å². The zero-order valence-corrected chi connectivity index (χ0v) is 12.5. The van der Waals surface area contributed by atoms with Crippen molar-refractivity contribution in [1.29, 1.82) is 0 Å². The molecule has 0 aliphatic rings. The number of hydrogen-bond acceptors (Lipinski definition) is 3. The zero-order valence-electron chi connectivity index (χ0n) is 10.1. The number of β-amino-alcohol motifs (C(OH)–C–C–N with tert-alkyl or cyclic N) is 1. The van der Waals surface area contributed by atoms with Crippen molar-refractivity contribution >= 4 is 36.4 Å². The minimum absolute atomic E-state index is 0. The van der Waals surface area contributed by atoms with Crippen LogP contribution >= 0.6 is 36.4 Å². The summed E-state index contributed by atoms with van der Waals surface area (Å²) in [7, 11) is 0. The second kappa shape index (κ2) is 8.11. The van der Waals surface area contributed by atoms with Gasteiger partial charge in [0.25, 0.3) is 0 Å². The number of hydrogen-bond donors (Lipinski definition) is 2. The average Bonchev–Trinajstić information content (AvgIpc) is 2.14. The number of nitrogens with one attached hydrogen (secondary N) is 1. The van der Waals surface area contributed by atoms with Gasteiger partial charge in [-0.2, -0.15) is 0 Å². The Morgan fingerprint density at radius 2 is 2.00 bits per heavy atom. The normalized spacial score (nSPS) is 12.3. The van der Waals surface area contributed by atoms with Crippen molar-refractivity contribution in [2.45, 2.75) is 32.4 Å². The third-order valence-electron chi connectivity index (χ3n) is 1.93. The summed E-state index contributed by atoms with van der Waals surface area (Å²) in [5.74, 6) is 0. The van der Waals surface area contributed by atoms with Crippen LogP contribution in [0.3, 0.4) is 0 Å². The molecule has 0 saturated heterocycles. The maximum atomic E-state index is 9.86. The van der Waals surface area contributed by atoms with Crippen LogP contribution in [0.2, 0.25) is 5.02 Å². The first kappa shape index (κ1) is 19.3. The maximum Gasteiger partial charge on any atom is 0.110 e. The average molecular weight is 302 g/mol. The molecule has 3 nitrogen and oxygen atoms in total. The van der Waals surface area contributed by atoms with E-state index in [1.807, 2.05) is 20.8 Å². The molecular weight excluding hydrogens is 282 g/mol. The lowest BCUT2D eigenvalue weighted by Gasteiger charge is -2.22. The molecule has 1 aromatic rings. The van der Waals surface area contributed by atoms with E-state index in [-0.39, 0.29) is 30.4 Å². The standard InChI is InChI=1S/C11H17ClN2O.2ClH/c1-11(2,3)14-7-9(15)10-8(12)5-4-6-13-10;;/h4-6,9,14-15H,7H2,1-3H3;2*1H/t9-;;/m0../s1. The number of pyridine rings is 1. The van der Waals surface area contributed by atoms with Crippen molar-refractivity contribution in [2.75, 3.05) is 6.54 Å². The van der Waals surface area contributed by atoms with E-state index < -0.39 is 6.10 Å². The SMILES string of the molecule is CC(C)(C)NC[C@H](O)c1ncccc1Cl.Cl.Cl. The van der Waals surface area contributed by atoms with Crippen molar-refractivity contribution in [3.8, 4) is 0 Å². The van der Waals surface area contributed by atoms with E-state index in [4.69, 9.17) is 11.6 Å². The van der Waals surface area contributed by atoms with Crippen molar-refractivity contribution < 1.29 is 5.11 Å². The van der Waals surface area contributed by atoms with Crippen LogP contribution in [0.15, 0.2) is 18.3 Å². The van der Waals surface area contributed by atoms with Crippen LogP contribution in [0, 0.1) is 0 Å². The Balaban J connectivity index is 0. The number of aliphatic hydroxyl groups excluding tert-OH is 1. The summed E-state index contributed by atoms with van der Waals surface area (Å²) in [5.41, 5.74) is 0.498. The molecule has 100 valence electrons. The molecule has 17 heavy (non-hydrogen) atoms. The number of aliphatic hydroxyl groups is 1. The van der Waals surface area contributed by atoms with Gasteiger partial charge in [0.15, 0.2) is 0 Å². The summed E-state index contributed by atoms with van der Waals surface area (Å²) in [6.07, 6.45) is 0.958. The Labute approximate surface area is 120 Å². The van der Waals surface area contributed by atoms with Crippen molar-refractivity contribution in [2.24, 2.45) is 0 Å². The molecule has 0 aliphatic carbocycles. The van der Waals surface area contributed by atoms with Gasteiger partial charge in [0.05, 0.1) is 10.7 Å². The summed E-state index contributed by atoms with van der Waals surface area (Å²) in [6.45, 7) is 6.57. The van der Waals surface area contributed by atoms with Crippen LogP contribution in [0.1, 0.15) is 32.6 Å². The first-order chi connectivity index (χ1) is 6.90. The van der Waals surface area contributed by atoms with Gasteiger partial charge in [0.1, 0.15) is 6.10 Å². The van der Waals surface area contributed by atoms with Crippen LogP contribution in [0.5, 0.6) is 0 Å². The summed E-state index contributed by atoms with van der Waals surface area (Å²) in [5, 5.41) is 13.6. The predicted molar refractivity (Wildman–Crippen MR) is 76.5 cm³/mol. The molecule has 0 bridgehead atoms. The first-order valence-corrected chi connectivity index (χ1v) is 5.31. The molecule has 0 radical (unpaired) electrons. The largest absolute Gasteiger partial charge is 0.385 e. The van der Waals surface area contributed by atoms with E-state index in [2.05, 4.69) is 10.3 Å². The van der Waals surface area contributed by atoms with Crippen LogP contribution in [-0.4, -0.2) is 22.2 Å². The highest BCUT2D eigenvalue weighted by Gasteiger charge is 2.16. The van der Waals surface area contributed by atoms with Crippen molar-refractivity contribution in [3.05, 3.63) is 29.0 Å². The molecule has 0 unspecified atom stereocenters. The summed E-state index contributed by atoms with van der Waals surface area (Å²) in [4.78, 5) is 4.06. The Morgan fingerprint density at radius 1 is 1.41 bits per heavy atom. The Bertz CT molecular complexity index is 329. The Kier molecular flexibility index (Phi) is 9.20. The number of halogens is 3. The molecule has 0 fully saturated rings. The second-order valence-corrected chi connectivity index (χ2v) is 4.92. The van der Waals surface area contributed by atoms with Gasteiger partial charge in [-0.15, -0.1) is 24.8 Å². The molecule has 1 aromatic heterocycles. The topological polar surface area (TPSA) is 45.1 Å². The molecule has 6 heteroatoms. The molecule has 0 spiro atoms. The van der Waals surface area contributed by atoms with E-state index in [1.165, 1.54) is 0 Å². The molecule has 0 saturated carbocycles. The highest BCUT2D eigenvalue weighted by molar-refractivity contribution is 6.31. The van der Waals surface area contributed by atoms with Gasteiger partial charge in [-0.05, 0) is 32.9 Å². The minimum Gasteiger partial charge on any atom is -0.385 e. The number of nitrogens with zero attached hydrogens (tertiary/aromatic N) is 1. The van der Waals surface area contributed by atoms with Gasteiger partial charge in [0, 0.05) is 18.3 Å². The van der Waals surface area contributed by atoms with Crippen LogP contribution in [-0.2, 0) is 0 Å². The summed E-state index contributed by atoms with van der Waals surface area (Å²) >= 11 is 5.92. The molecule has 1 atom stereocenters. The fourth-order valence-electron chi connectivity index (χ4n) is 1.14. The van der Waals surface area contributed by atoms with E-state index in [9.17, 15) is 5.11 Å². The van der Waals surface area contributed by atoms with Crippen LogP contribution < -0.4 is 5.32 Å². The molecule has 1 heterocycles. The van der Waals surface area contributed by atoms with Gasteiger partial charge < -0.3 is 10.4 Å². The van der Waals surface area contributed by atoms with E-state index in [0.29, 0.717) is 17.3 Å². The molecule has 2 N–H and O–H groups in total. The quantitative estimate of drug-likeness (QED) is 0.902. The fraction of sp³-hybridized carbons (Fsp3) is 0.545. The zero-order chi connectivity index (χ0) is 11.5. The monoisotopic (exact) mass is 300 g/mol. The van der Waals surface area contributed by atoms with Gasteiger partial charge in [0.2, 0.25) is 0 Å². The van der Waals surface area contributed by atoms with Crippen LogP contribution in [0.25, 0.3) is 0 Å². The molecule has 0 amide bonds. The fourth-order valence-corrected chi connectivity index (χ4v) is 1.39. The summed E-state index contributed by atoms with van der Waals surface area (Å²) < 4.78 is 0. The third kappa shape index (κ3) is 7.06. The minimum atomic E-state index is -0.669. The Hall–Kier alpha value is -0.0600. The predicted octanol–water partition coefficient (Wildman–Crippen LogP) is 3.00. The highest BCUT2D eigenvalue weighted by Crippen LogP contribution is 2.19. The number of aromatic nitrogens is 1. The second-order valence-electron chi connectivity index (χ2n) is 4.52. The molecular formula is C11H19Cl3N2O. The van der Waals surface area contributed by atoms with Crippen molar-refractivity contribution in [1.82, 2.24) is 10.3 Å². The lowest BCUT2D eigenvalue weighted by Crippen LogP contribution is -2.38. The molecule has 0 aliphatic heterocycles. The van der Waals surface area contributed by atoms with Gasteiger partial charge in [-0.3, -0.25) is 4.98 Å². The maximum absolute atomic E-state index is 9.86. The number of rotatable bonds is 3. The smallest absolute Gasteiger partial charge is 0.110 e. The Morgan fingerprint density at radius 3 is 2.47 bits per heavy atom. The van der Waals surface area contributed by atoms with Gasteiger partial charge in [-0.1, -0.05) is 11.6 Å². The van der Waals surface area contributed by atoms with E-state index >= 15 is 0 Å². The van der Waals surface area contributed by atoms with Gasteiger partial charge in [-0.25, -0.2) is 0 Å². The highest BCUT2D eigenvalue weighted by atomic mass is 35.5. The summed E-state index contributed by atoms with van der Waals surface area (Å²) in [6, 6.07) is 3.47. The first-order valence-electron chi connectivity index (χ1n) is 4.93. The van der Waals surface area contributed by atoms with Crippen molar-refractivity contribution in [3.63, 3.8) is 0 Å².